The highest BCUT2D eigenvalue weighted by Crippen LogP contribution is 2.32. The number of nitrogens with zero attached hydrogens (tertiary/aromatic N) is 6. The molecule has 6 rings (SSSR count). The smallest absolute Gasteiger partial charge is 0.295 e. The van der Waals surface area contributed by atoms with Gasteiger partial charge in [-0.25, -0.2) is 10.5 Å². The highest BCUT2D eigenvalue weighted by Gasteiger charge is 2.18. The number of hydrogen-bond acceptors (Lipinski definition) is 24. The minimum Gasteiger partial charge on any atom is -0.352 e. The van der Waals surface area contributed by atoms with Crippen molar-refractivity contribution >= 4 is 115 Å². The lowest BCUT2D eigenvalue weighted by molar-refractivity contribution is -0.432. The fourth-order valence-electron chi connectivity index (χ4n) is 5.65. The largest absolute Gasteiger partial charge is 0.352 e. The van der Waals surface area contributed by atoms with E-state index in [1.807, 2.05) is 27.7 Å². The third kappa shape index (κ3) is 15.1. The van der Waals surface area contributed by atoms with Gasteiger partial charge >= 0.3 is 0 Å². The van der Waals surface area contributed by atoms with Crippen LogP contribution in [0.5, 0.6) is 0 Å². The predicted molar refractivity (Wildman–Crippen MR) is 255 cm³/mol. The van der Waals surface area contributed by atoms with Gasteiger partial charge in [0.1, 0.15) is 4.90 Å². The Morgan fingerprint density at radius 2 is 0.956 bits per heavy atom. The van der Waals surface area contributed by atoms with E-state index >= 15 is 0 Å². The van der Waals surface area contributed by atoms with E-state index in [0.29, 0.717) is 44.5 Å². The van der Waals surface area contributed by atoms with E-state index < -0.39 is 25.1 Å². The van der Waals surface area contributed by atoms with Crippen molar-refractivity contribution < 1.29 is 55.2 Å². The van der Waals surface area contributed by atoms with E-state index in [2.05, 4.69) is 76.2 Å². The van der Waals surface area contributed by atoms with Crippen LogP contribution in [0.3, 0.4) is 0 Å². The summed E-state index contributed by atoms with van der Waals surface area (Å²) >= 11 is 1.45. The highest BCUT2D eigenvalue weighted by atomic mass is 32.2. The van der Waals surface area contributed by atoms with Crippen molar-refractivity contribution in [1.82, 2.24) is 29.9 Å². The molecule has 0 saturated heterocycles. The average Bonchev–Trinajstić information content (AvgIpc) is 3.30. The van der Waals surface area contributed by atoms with Gasteiger partial charge in [-0.1, -0.05) is 48.2 Å². The summed E-state index contributed by atoms with van der Waals surface area (Å²) in [7, 11) is -9.24. The number of hydrogen-bond donors (Lipinski definition) is 10. The van der Waals surface area contributed by atoms with Gasteiger partial charge in [-0.2, -0.15) is 46.7 Å². The first-order valence-corrected chi connectivity index (χ1v) is 24.4. The van der Waals surface area contributed by atoms with Gasteiger partial charge in [-0.3, -0.25) is 9.11 Å². The third-order valence-corrected chi connectivity index (χ3v) is 12.4. The summed E-state index contributed by atoms with van der Waals surface area (Å²) in [5.41, 5.74) is 2.21. The van der Waals surface area contributed by atoms with Crippen molar-refractivity contribution in [2.24, 2.45) is 0 Å². The highest BCUT2D eigenvalue weighted by molar-refractivity contribution is 7.94. The topological polar surface area (TPSA) is 336 Å². The molecule has 360 valence electrons. The van der Waals surface area contributed by atoms with Crippen LogP contribution in [0, 0.1) is 0 Å². The quantitative estimate of drug-likeness (QED) is 0.00888. The molecule has 0 radical (unpaired) electrons. The van der Waals surface area contributed by atoms with Gasteiger partial charge in [0.2, 0.25) is 35.7 Å². The van der Waals surface area contributed by atoms with Gasteiger partial charge < -0.3 is 31.9 Å². The van der Waals surface area contributed by atoms with Gasteiger partial charge in [-0.05, 0) is 111 Å². The van der Waals surface area contributed by atoms with Crippen molar-refractivity contribution in [3.8, 4) is 0 Å². The van der Waals surface area contributed by atoms with E-state index in [4.69, 9.17) is 14.8 Å². The van der Waals surface area contributed by atoms with Crippen molar-refractivity contribution in [2.45, 2.75) is 72.2 Å². The SMILES string of the molecule is CCC(C)Nc1nc(Nc2ccc(SOOO)cc2)nc(Nc2ccc(C=Cc3ccc(Nc4nc(Nc5ccc(S(=O)(=O)O)cc5)nc(NC(C)CC)n4)cc3S(=O)(=O)O)c(SOOO)c2)n1. The molecule has 0 aliphatic heterocycles. The summed E-state index contributed by atoms with van der Waals surface area (Å²) in [6.07, 6.45) is 4.50. The zero-order chi connectivity index (χ0) is 48.8. The molecular formula is C40H44N12O12S4. The maximum absolute atomic E-state index is 12.8. The second-order valence-electron chi connectivity index (χ2n) is 14.3. The van der Waals surface area contributed by atoms with E-state index in [9.17, 15) is 25.9 Å². The molecule has 24 nitrogen and oxygen atoms in total. The molecule has 2 atom stereocenters. The average molecular weight is 1010 g/mol. The summed E-state index contributed by atoms with van der Waals surface area (Å²) in [4.78, 5) is 27.0. The third-order valence-electron chi connectivity index (χ3n) is 9.34. The summed E-state index contributed by atoms with van der Waals surface area (Å²) < 4.78 is 77.5. The van der Waals surface area contributed by atoms with Crippen molar-refractivity contribution in [1.29, 1.82) is 0 Å². The lowest BCUT2D eigenvalue weighted by Crippen LogP contribution is -2.17. The summed E-state index contributed by atoms with van der Waals surface area (Å²) in [5.74, 6) is 0.812. The monoisotopic (exact) mass is 1010 g/mol. The Hall–Kier alpha value is -6.28. The number of benzene rings is 4. The molecule has 0 fully saturated rings. The summed E-state index contributed by atoms with van der Waals surface area (Å²) in [5, 5.41) is 43.5. The normalized spacial score (nSPS) is 12.6. The van der Waals surface area contributed by atoms with Crippen LogP contribution in [0.4, 0.5) is 58.4 Å². The zero-order valence-corrected chi connectivity index (χ0v) is 39.4. The van der Waals surface area contributed by atoms with Gasteiger partial charge in [0.25, 0.3) is 20.2 Å². The lowest BCUT2D eigenvalue weighted by atomic mass is 10.1. The van der Waals surface area contributed by atoms with E-state index in [1.54, 1.807) is 48.5 Å². The van der Waals surface area contributed by atoms with E-state index in [-0.39, 0.29) is 63.9 Å². The van der Waals surface area contributed by atoms with Crippen molar-refractivity contribution in [3.05, 3.63) is 96.1 Å². The number of anilines is 10. The van der Waals surface area contributed by atoms with Crippen LogP contribution in [0.2, 0.25) is 0 Å². The van der Waals surface area contributed by atoms with Crippen LogP contribution >= 0.6 is 24.1 Å². The Morgan fingerprint density at radius 1 is 0.544 bits per heavy atom. The Kier molecular flexibility index (Phi) is 17.8. The fourth-order valence-corrected chi connectivity index (χ4v) is 7.71. The Bertz CT molecular complexity index is 2920. The second-order valence-corrected chi connectivity index (χ2v) is 18.6. The summed E-state index contributed by atoms with van der Waals surface area (Å²) in [6, 6.07) is 21.2. The first-order chi connectivity index (χ1) is 32.5. The fraction of sp³-hybridized carbons (Fsp3) is 0.200. The summed E-state index contributed by atoms with van der Waals surface area (Å²) in [6.45, 7) is 7.85. The lowest BCUT2D eigenvalue weighted by Gasteiger charge is -2.15. The van der Waals surface area contributed by atoms with Gasteiger partial charge in [0.15, 0.2) is 0 Å². The standard InChI is InChI=1S/C40H44N12O12S4/c1-5-23(3)41-35-47-37(43-27-13-17-31(18-14-27)65-63-61-53)51-39(49-35)45-29-11-9-25(33(21-29)66-64-62-54)7-8-26-10-12-30(22-34(26)68(58,59)60)46-40-50-36(42-24(4)6-2)48-38(52-40)44-28-15-19-32(20-16-28)67(55,56)57/h7-24,53-54H,5-6H2,1-4H3,(H,55,56,57)(H,58,59,60)(H3,41,43,45,47,49,51)(H3,42,44,46,48,50,52). The molecule has 28 heteroatoms. The van der Waals surface area contributed by atoms with Gasteiger partial charge in [-0.15, -0.1) is 8.67 Å². The van der Waals surface area contributed by atoms with E-state index in [0.717, 1.165) is 24.9 Å². The molecule has 68 heavy (non-hydrogen) atoms. The molecule has 10 N–H and O–H groups in total. The molecule has 0 aliphatic carbocycles. The van der Waals surface area contributed by atoms with Crippen LogP contribution in [0.25, 0.3) is 12.2 Å². The van der Waals surface area contributed by atoms with Gasteiger partial charge in [0, 0.05) is 44.6 Å². The van der Waals surface area contributed by atoms with Crippen LogP contribution in [-0.2, 0) is 39.0 Å². The van der Waals surface area contributed by atoms with Crippen molar-refractivity contribution in [2.75, 3.05) is 31.9 Å². The molecule has 0 amide bonds. The Balaban J connectivity index is 1.25. The minimum absolute atomic E-state index is 0.0199. The number of aromatic nitrogens is 6. The van der Waals surface area contributed by atoms with Crippen LogP contribution < -0.4 is 31.9 Å². The molecular weight excluding hydrogens is 969 g/mol. The minimum atomic E-state index is -4.82. The molecule has 0 saturated carbocycles. The van der Waals surface area contributed by atoms with Gasteiger partial charge in [0.05, 0.1) is 29.0 Å². The molecule has 0 bridgehead atoms. The molecule has 6 aromatic rings. The molecule has 2 aromatic heterocycles. The predicted octanol–water partition coefficient (Wildman–Crippen LogP) is 8.97. The van der Waals surface area contributed by atoms with Crippen LogP contribution in [0.15, 0.2) is 105 Å². The first kappa shape index (κ1) is 51.1. The van der Waals surface area contributed by atoms with Crippen LogP contribution in [0.1, 0.15) is 51.7 Å². The van der Waals surface area contributed by atoms with E-state index in [1.165, 1.54) is 48.5 Å². The molecule has 2 heterocycles. The van der Waals surface area contributed by atoms with Crippen LogP contribution in [-0.4, -0.2) is 78.4 Å². The molecule has 0 spiro atoms. The molecule has 2 unspecified atom stereocenters. The maximum Gasteiger partial charge on any atom is 0.295 e. The first-order valence-electron chi connectivity index (χ1n) is 20.1. The zero-order valence-electron chi connectivity index (χ0n) is 36.2. The Labute approximate surface area is 398 Å². The van der Waals surface area contributed by atoms with Crippen molar-refractivity contribution in [3.63, 3.8) is 0 Å². The molecule has 0 aliphatic rings. The molecule has 4 aromatic carbocycles. The number of nitrogens with one attached hydrogen (secondary N) is 6. The number of rotatable bonds is 24. The second kappa shape index (κ2) is 23.6. The Morgan fingerprint density at radius 3 is 1.43 bits per heavy atom. The maximum atomic E-state index is 12.8.